The number of aliphatic carboxylic acids is 1. The number of pyridine rings is 1. The van der Waals surface area contributed by atoms with Crippen molar-refractivity contribution >= 4 is 11.8 Å². The van der Waals surface area contributed by atoms with Crippen molar-refractivity contribution in [2.75, 3.05) is 11.9 Å². The lowest BCUT2D eigenvalue weighted by molar-refractivity contribution is -0.137. The van der Waals surface area contributed by atoms with Gasteiger partial charge < -0.3 is 10.4 Å². The van der Waals surface area contributed by atoms with Crippen molar-refractivity contribution in [3.05, 3.63) is 24.4 Å². The van der Waals surface area contributed by atoms with Crippen molar-refractivity contribution in [2.24, 2.45) is 0 Å². The van der Waals surface area contributed by atoms with Gasteiger partial charge in [-0.15, -0.1) is 0 Å². The van der Waals surface area contributed by atoms with Crippen LogP contribution in [-0.4, -0.2) is 22.6 Å². The van der Waals surface area contributed by atoms with Crippen LogP contribution in [0.1, 0.15) is 19.3 Å². The Morgan fingerprint density at radius 3 is 2.93 bits per heavy atom. The van der Waals surface area contributed by atoms with Crippen molar-refractivity contribution in [3.63, 3.8) is 0 Å². The van der Waals surface area contributed by atoms with E-state index in [9.17, 15) is 4.79 Å². The lowest BCUT2D eigenvalue weighted by Crippen LogP contribution is -2.04. The number of carboxylic acid groups (broad SMARTS) is 1. The Bertz CT molecular complexity index is 275. The summed E-state index contributed by atoms with van der Waals surface area (Å²) in [5.41, 5.74) is 0. The molecular weight excluding hydrogens is 180 g/mol. The molecule has 0 saturated heterocycles. The zero-order chi connectivity index (χ0) is 10.2. The van der Waals surface area contributed by atoms with Crippen LogP contribution in [0, 0.1) is 0 Å². The summed E-state index contributed by atoms with van der Waals surface area (Å²) in [6.45, 7) is 0.768. The zero-order valence-corrected chi connectivity index (χ0v) is 7.94. The number of carboxylic acids is 1. The fraction of sp³-hybridized carbons (Fsp3) is 0.400. The van der Waals surface area contributed by atoms with Crippen LogP contribution in [0.5, 0.6) is 0 Å². The Balaban J connectivity index is 2.08. The highest BCUT2D eigenvalue weighted by atomic mass is 16.4. The summed E-state index contributed by atoms with van der Waals surface area (Å²) in [4.78, 5) is 14.3. The van der Waals surface area contributed by atoms with Gasteiger partial charge in [0.25, 0.3) is 0 Å². The van der Waals surface area contributed by atoms with Crippen LogP contribution in [0.25, 0.3) is 0 Å². The maximum absolute atomic E-state index is 10.2. The van der Waals surface area contributed by atoms with E-state index in [1.165, 1.54) is 0 Å². The number of hydrogen-bond acceptors (Lipinski definition) is 3. The van der Waals surface area contributed by atoms with E-state index in [2.05, 4.69) is 10.3 Å². The third-order valence-electron chi connectivity index (χ3n) is 1.79. The average Bonchev–Trinajstić information content (AvgIpc) is 2.18. The number of aromatic nitrogens is 1. The molecule has 4 nitrogen and oxygen atoms in total. The zero-order valence-electron chi connectivity index (χ0n) is 7.94. The van der Waals surface area contributed by atoms with Crippen LogP contribution in [0.4, 0.5) is 5.82 Å². The minimum Gasteiger partial charge on any atom is -0.481 e. The predicted octanol–water partition coefficient (Wildman–Crippen LogP) is 1.75. The summed E-state index contributed by atoms with van der Waals surface area (Å²) in [6.07, 6.45) is 3.52. The van der Waals surface area contributed by atoms with Crippen LogP contribution in [0.15, 0.2) is 24.4 Å². The summed E-state index contributed by atoms with van der Waals surface area (Å²) in [6, 6.07) is 5.65. The lowest BCUT2D eigenvalue weighted by Gasteiger charge is -2.03. The van der Waals surface area contributed by atoms with Gasteiger partial charge in [0.1, 0.15) is 5.82 Å². The summed E-state index contributed by atoms with van der Waals surface area (Å²) in [7, 11) is 0. The van der Waals surface area contributed by atoms with E-state index in [0.29, 0.717) is 6.42 Å². The molecule has 2 N–H and O–H groups in total. The van der Waals surface area contributed by atoms with E-state index in [4.69, 9.17) is 5.11 Å². The van der Waals surface area contributed by atoms with Gasteiger partial charge in [-0.05, 0) is 25.0 Å². The van der Waals surface area contributed by atoms with Gasteiger partial charge in [-0.3, -0.25) is 4.79 Å². The average molecular weight is 194 g/mol. The number of unbranched alkanes of at least 4 members (excludes halogenated alkanes) is 1. The third kappa shape index (κ3) is 4.45. The van der Waals surface area contributed by atoms with Crippen molar-refractivity contribution in [1.82, 2.24) is 4.98 Å². The number of carbonyl (C=O) groups is 1. The van der Waals surface area contributed by atoms with Gasteiger partial charge in [0.15, 0.2) is 0 Å². The van der Waals surface area contributed by atoms with Crippen LogP contribution in [0.3, 0.4) is 0 Å². The van der Waals surface area contributed by atoms with E-state index < -0.39 is 5.97 Å². The van der Waals surface area contributed by atoms with E-state index in [1.54, 1.807) is 6.20 Å². The highest BCUT2D eigenvalue weighted by Gasteiger charge is 1.96. The Morgan fingerprint density at radius 2 is 2.29 bits per heavy atom. The van der Waals surface area contributed by atoms with E-state index in [-0.39, 0.29) is 6.42 Å². The Morgan fingerprint density at radius 1 is 1.43 bits per heavy atom. The molecule has 0 spiro atoms. The summed E-state index contributed by atoms with van der Waals surface area (Å²) in [5.74, 6) is 0.102. The molecule has 0 aliphatic heterocycles. The SMILES string of the molecule is O=C(O)CCCCNc1ccccn1. The molecule has 14 heavy (non-hydrogen) atoms. The van der Waals surface area contributed by atoms with Crippen molar-refractivity contribution in [1.29, 1.82) is 0 Å². The Kier molecular flexibility index (Phi) is 4.47. The van der Waals surface area contributed by atoms with Crippen LogP contribution in [-0.2, 0) is 4.79 Å². The fourth-order valence-corrected chi connectivity index (χ4v) is 1.09. The van der Waals surface area contributed by atoms with Gasteiger partial charge >= 0.3 is 5.97 Å². The molecule has 0 aliphatic rings. The molecule has 0 bridgehead atoms. The molecule has 1 heterocycles. The first-order chi connectivity index (χ1) is 6.79. The maximum Gasteiger partial charge on any atom is 0.303 e. The minimum atomic E-state index is -0.733. The largest absolute Gasteiger partial charge is 0.481 e. The second kappa shape index (κ2) is 5.96. The number of nitrogens with one attached hydrogen (secondary N) is 1. The molecule has 0 radical (unpaired) electrons. The topological polar surface area (TPSA) is 62.2 Å². The smallest absolute Gasteiger partial charge is 0.303 e. The van der Waals surface area contributed by atoms with Crippen LogP contribution in [0.2, 0.25) is 0 Å². The van der Waals surface area contributed by atoms with Crippen molar-refractivity contribution < 1.29 is 9.90 Å². The van der Waals surface area contributed by atoms with Gasteiger partial charge in [0.05, 0.1) is 0 Å². The molecule has 0 unspecified atom stereocenters. The van der Waals surface area contributed by atoms with E-state index >= 15 is 0 Å². The number of hydrogen-bond donors (Lipinski definition) is 2. The quantitative estimate of drug-likeness (QED) is 0.677. The summed E-state index contributed by atoms with van der Waals surface area (Å²) >= 11 is 0. The van der Waals surface area contributed by atoms with Gasteiger partial charge in [0.2, 0.25) is 0 Å². The number of rotatable bonds is 6. The second-order valence-corrected chi connectivity index (χ2v) is 2.99. The summed E-state index contributed by atoms with van der Waals surface area (Å²) < 4.78 is 0. The molecule has 1 rings (SSSR count). The third-order valence-corrected chi connectivity index (χ3v) is 1.79. The van der Waals surface area contributed by atoms with Crippen LogP contribution < -0.4 is 5.32 Å². The molecule has 0 aliphatic carbocycles. The molecule has 0 amide bonds. The molecule has 0 fully saturated rings. The molecule has 0 saturated carbocycles. The highest BCUT2D eigenvalue weighted by Crippen LogP contribution is 2.01. The first-order valence-electron chi connectivity index (χ1n) is 4.66. The van der Waals surface area contributed by atoms with E-state index in [1.807, 2.05) is 18.2 Å². The van der Waals surface area contributed by atoms with Crippen molar-refractivity contribution in [3.8, 4) is 0 Å². The predicted molar refractivity (Wildman–Crippen MR) is 54.2 cm³/mol. The van der Waals surface area contributed by atoms with Gasteiger partial charge in [-0.25, -0.2) is 4.98 Å². The number of nitrogens with zero attached hydrogens (tertiary/aromatic N) is 1. The number of anilines is 1. The van der Waals surface area contributed by atoms with Crippen LogP contribution >= 0.6 is 0 Å². The Labute approximate surface area is 83.0 Å². The molecule has 0 atom stereocenters. The monoisotopic (exact) mass is 194 g/mol. The van der Waals surface area contributed by atoms with Gasteiger partial charge in [-0.2, -0.15) is 0 Å². The molecule has 76 valence electrons. The Hall–Kier alpha value is -1.58. The van der Waals surface area contributed by atoms with Gasteiger partial charge in [-0.1, -0.05) is 6.07 Å². The molecule has 1 aromatic heterocycles. The minimum absolute atomic E-state index is 0.240. The van der Waals surface area contributed by atoms with Gasteiger partial charge in [0, 0.05) is 19.2 Å². The lowest BCUT2D eigenvalue weighted by atomic mass is 10.2. The second-order valence-electron chi connectivity index (χ2n) is 2.99. The highest BCUT2D eigenvalue weighted by molar-refractivity contribution is 5.66. The summed E-state index contributed by atoms with van der Waals surface area (Å²) in [5, 5.41) is 11.5. The fourth-order valence-electron chi connectivity index (χ4n) is 1.09. The molecular formula is C10H14N2O2. The first-order valence-corrected chi connectivity index (χ1v) is 4.66. The standard InChI is InChI=1S/C10H14N2O2/c13-10(14)6-2-4-8-12-9-5-1-3-7-11-9/h1,3,5,7H,2,4,6,8H2,(H,11,12)(H,13,14). The van der Waals surface area contributed by atoms with E-state index in [0.717, 1.165) is 18.8 Å². The maximum atomic E-state index is 10.2. The molecule has 1 aromatic rings. The molecule has 0 aromatic carbocycles. The normalized spacial score (nSPS) is 9.71. The first kappa shape index (κ1) is 10.5. The van der Waals surface area contributed by atoms with Crippen molar-refractivity contribution in [2.45, 2.75) is 19.3 Å². The molecule has 4 heteroatoms.